The van der Waals surface area contributed by atoms with Crippen molar-refractivity contribution in [1.29, 1.82) is 0 Å². The molecule has 138 valence electrons. The molecule has 8 nitrogen and oxygen atoms in total. The van der Waals surface area contributed by atoms with Crippen LogP contribution in [0.1, 0.15) is 17.2 Å². The van der Waals surface area contributed by atoms with Gasteiger partial charge in [-0.1, -0.05) is 42.5 Å². The summed E-state index contributed by atoms with van der Waals surface area (Å²) in [6.07, 6.45) is 0. The van der Waals surface area contributed by atoms with E-state index in [9.17, 15) is 19.7 Å². The molecule has 1 aliphatic heterocycles. The second kappa shape index (κ2) is 7.28. The molecule has 0 spiro atoms. The Hall–Kier alpha value is -3.68. The molecule has 1 aliphatic rings. The van der Waals surface area contributed by atoms with Crippen LogP contribution in [0.15, 0.2) is 60.8 Å². The van der Waals surface area contributed by atoms with Gasteiger partial charge in [0.1, 0.15) is 5.92 Å². The van der Waals surface area contributed by atoms with Gasteiger partial charge in [0.25, 0.3) is 5.69 Å². The van der Waals surface area contributed by atoms with Gasteiger partial charge >= 0.3 is 6.03 Å². The zero-order valence-corrected chi connectivity index (χ0v) is 14.6. The summed E-state index contributed by atoms with van der Waals surface area (Å²) in [5.41, 5.74) is 2.23. The number of nitrogens with zero attached hydrogens (tertiary/aromatic N) is 1. The Bertz CT molecular complexity index is 924. The summed E-state index contributed by atoms with van der Waals surface area (Å²) in [5, 5.41) is 18.9. The molecule has 3 rings (SSSR count). The highest BCUT2D eigenvalue weighted by Crippen LogP contribution is 2.31. The molecule has 0 unspecified atom stereocenters. The van der Waals surface area contributed by atoms with Crippen molar-refractivity contribution in [2.45, 2.75) is 13.0 Å². The third-order valence-corrected chi connectivity index (χ3v) is 4.31. The number of nitro benzene ring substituents is 1. The monoisotopic (exact) mass is 366 g/mol. The van der Waals surface area contributed by atoms with Crippen molar-refractivity contribution < 1.29 is 14.5 Å². The highest BCUT2D eigenvalue weighted by molar-refractivity contribution is 5.97. The molecule has 1 saturated heterocycles. The van der Waals surface area contributed by atoms with Gasteiger partial charge in [0.05, 0.1) is 11.0 Å². The second-order valence-electron chi connectivity index (χ2n) is 6.29. The van der Waals surface area contributed by atoms with Crippen LogP contribution in [-0.2, 0) is 4.79 Å². The average molecular weight is 366 g/mol. The molecule has 0 radical (unpaired) electrons. The van der Waals surface area contributed by atoms with Crippen LogP contribution in [0.25, 0.3) is 0 Å². The van der Waals surface area contributed by atoms with Gasteiger partial charge in [-0.05, 0) is 18.6 Å². The van der Waals surface area contributed by atoms with E-state index in [1.165, 1.54) is 18.2 Å². The first-order chi connectivity index (χ1) is 12.8. The number of anilines is 1. The molecule has 0 bridgehead atoms. The van der Waals surface area contributed by atoms with E-state index in [1.54, 1.807) is 6.07 Å². The van der Waals surface area contributed by atoms with E-state index >= 15 is 0 Å². The lowest BCUT2D eigenvalue weighted by molar-refractivity contribution is -0.384. The van der Waals surface area contributed by atoms with Crippen LogP contribution in [0.4, 0.5) is 16.2 Å². The van der Waals surface area contributed by atoms with Crippen LogP contribution in [0.5, 0.6) is 0 Å². The van der Waals surface area contributed by atoms with Gasteiger partial charge in [-0.2, -0.15) is 0 Å². The van der Waals surface area contributed by atoms with Crippen molar-refractivity contribution in [3.63, 3.8) is 0 Å². The number of benzene rings is 2. The largest absolute Gasteiger partial charge is 0.330 e. The van der Waals surface area contributed by atoms with Gasteiger partial charge < -0.3 is 16.0 Å². The maximum atomic E-state index is 12.9. The van der Waals surface area contributed by atoms with Gasteiger partial charge in [0, 0.05) is 23.5 Å². The van der Waals surface area contributed by atoms with Gasteiger partial charge in [-0.25, -0.2) is 4.79 Å². The third-order valence-electron chi connectivity index (χ3n) is 4.31. The highest BCUT2D eigenvalue weighted by atomic mass is 16.6. The lowest BCUT2D eigenvalue weighted by Gasteiger charge is -2.34. The van der Waals surface area contributed by atoms with Crippen molar-refractivity contribution in [2.75, 3.05) is 5.32 Å². The van der Waals surface area contributed by atoms with Gasteiger partial charge in [0.2, 0.25) is 5.91 Å². The summed E-state index contributed by atoms with van der Waals surface area (Å²) in [7, 11) is 0. The van der Waals surface area contributed by atoms with E-state index in [-0.39, 0.29) is 11.4 Å². The molecule has 0 aromatic heterocycles. The molecule has 2 atom stereocenters. The first kappa shape index (κ1) is 18.1. The fourth-order valence-electron chi connectivity index (χ4n) is 2.96. The quantitative estimate of drug-likeness (QED) is 0.570. The number of hydrogen-bond donors (Lipinski definition) is 3. The second-order valence-corrected chi connectivity index (χ2v) is 6.29. The van der Waals surface area contributed by atoms with Crippen molar-refractivity contribution in [3.05, 3.63) is 82.0 Å². The topological polar surface area (TPSA) is 113 Å². The third kappa shape index (κ3) is 3.95. The van der Waals surface area contributed by atoms with E-state index in [4.69, 9.17) is 0 Å². The number of nitrogens with one attached hydrogen (secondary N) is 3. The van der Waals surface area contributed by atoms with E-state index in [0.29, 0.717) is 5.69 Å². The molecule has 0 saturated carbocycles. The highest BCUT2D eigenvalue weighted by Gasteiger charge is 2.37. The van der Waals surface area contributed by atoms with Crippen molar-refractivity contribution in [3.8, 4) is 0 Å². The van der Waals surface area contributed by atoms with Gasteiger partial charge in [-0.15, -0.1) is 0 Å². The molecule has 8 heteroatoms. The first-order valence-corrected chi connectivity index (χ1v) is 8.23. The molecular formula is C19H18N4O4. The predicted molar refractivity (Wildman–Crippen MR) is 99.9 cm³/mol. The smallest absolute Gasteiger partial charge is 0.319 e. The summed E-state index contributed by atoms with van der Waals surface area (Å²) in [6.45, 7) is 5.75. The van der Waals surface area contributed by atoms with Crippen molar-refractivity contribution in [1.82, 2.24) is 10.6 Å². The minimum atomic E-state index is -0.787. The number of carbonyl (C=O) groups excluding carboxylic acids is 2. The molecule has 1 heterocycles. The Kier molecular flexibility index (Phi) is 4.89. The fraction of sp³-hybridized carbons (Fsp3) is 0.158. The Morgan fingerprint density at radius 2 is 1.93 bits per heavy atom. The van der Waals surface area contributed by atoms with E-state index in [2.05, 4.69) is 22.5 Å². The molecule has 3 amide bonds. The minimum absolute atomic E-state index is 0.128. The van der Waals surface area contributed by atoms with Crippen LogP contribution in [-0.4, -0.2) is 16.9 Å². The molecule has 27 heavy (non-hydrogen) atoms. The Labute approximate surface area is 155 Å². The Morgan fingerprint density at radius 3 is 2.59 bits per heavy atom. The summed E-state index contributed by atoms with van der Waals surface area (Å²) in [6, 6.07) is 12.1. The van der Waals surface area contributed by atoms with E-state index in [1.807, 2.05) is 31.2 Å². The molecule has 2 aromatic rings. The van der Waals surface area contributed by atoms with E-state index < -0.39 is 28.8 Å². The molecule has 0 aliphatic carbocycles. The zero-order valence-electron chi connectivity index (χ0n) is 14.6. The predicted octanol–water partition coefficient (Wildman–Crippen LogP) is 3.03. The number of carbonyl (C=O) groups is 2. The average Bonchev–Trinajstić information content (AvgIpc) is 2.61. The lowest BCUT2D eigenvalue weighted by atomic mass is 9.88. The lowest BCUT2D eigenvalue weighted by Crippen LogP contribution is -2.51. The number of amides is 3. The summed E-state index contributed by atoms with van der Waals surface area (Å²) in [4.78, 5) is 35.1. The normalized spacial score (nSPS) is 19.0. The van der Waals surface area contributed by atoms with Crippen molar-refractivity contribution >= 4 is 23.3 Å². The van der Waals surface area contributed by atoms with Crippen LogP contribution in [0.3, 0.4) is 0 Å². The number of non-ortho nitro benzene ring substituents is 1. The molecular weight excluding hydrogens is 348 g/mol. The first-order valence-electron chi connectivity index (χ1n) is 8.23. The molecule has 2 aromatic carbocycles. The SMILES string of the molecule is C=C1NC(=O)N[C@@H](c2ccc(C)cc2)[C@@H]1C(=O)Nc1cccc([N+](=O)[O-])c1. The summed E-state index contributed by atoms with van der Waals surface area (Å²) < 4.78 is 0. The molecule has 1 fully saturated rings. The number of rotatable bonds is 4. The van der Waals surface area contributed by atoms with Crippen LogP contribution in [0, 0.1) is 23.0 Å². The van der Waals surface area contributed by atoms with Crippen LogP contribution < -0.4 is 16.0 Å². The fourth-order valence-corrected chi connectivity index (χ4v) is 2.96. The molecule has 3 N–H and O–H groups in total. The minimum Gasteiger partial charge on any atom is -0.330 e. The number of urea groups is 1. The summed E-state index contributed by atoms with van der Waals surface area (Å²) >= 11 is 0. The maximum absolute atomic E-state index is 12.9. The zero-order chi connectivity index (χ0) is 19.6. The van der Waals surface area contributed by atoms with Gasteiger partial charge in [-0.3, -0.25) is 14.9 Å². The number of hydrogen-bond acceptors (Lipinski definition) is 4. The number of nitro groups is 1. The Morgan fingerprint density at radius 1 is 1.22 bits per heavy atom. The van der Waals surface area contributed by atoms with E-state index in [0.717, 1.165) is 11.1 Å². The van der Waals surface area contributed by atoms with Crippen molar-refractivity contribution in [2.24, 2.45) is 5.92 Å². The van der Waals surface area contributed by atoms with Gasteiger partial charge in [0.15, 0.2) is 0 Å². The Balaban J connectivity index is 1.88. The number of aryl methyl sites for hydroxylation is 1. The van der Waals surface area contributed by atoms with Crippen LogP contribution in [0.2, 0.25) is 0 Å². The maximum Gasteiger partial charge on any atom is 0.319 e. The standard InChI is InChI=1S/C19H18N4O4/c1-11-6-8-13(9-7-11)17-16(12(2)20-19(25)22-17)18(24)21-14-4-3-5-15(10-14)23(26)27/h3-10,16-17H,2H2,1H3,(H,21,24)(H2,20,22,25)/t16-,17+/m1/s1. The van der Waals surface area contributed by atoms with Crippen LogP contribution >= 0.6 is 0 Å². The summed E-state index contributed by atoms with van der Waals surface area (Å²) in [5.74, 6) is -1.22.